The Morgan fingerprint density at radius 2 is 2.24 bits per heavy atom. The maximum absolute atomic E-state index is 4.70. The summed E-state index contributed by atoms with van der Waals surface area (Å²) in [5.74, 6) is 2.31. The zero-order valence-corrected chi connectivity index (χ0v) is 10.9. The monoisotopic (exact) mass is 249 g/mol. The molecule has 1 atom stereocenters. The van der Waals surface area contributed by atoms with Gasteiger partial charge in [-0.15, -0.1) is 0 Å². The molecular formula is C13H19N3S. The number of rotatable bonds is 4. The maximum atomic E-state index is 4.70. The zero-order valence-electron chi connectivity index (χ0n) is 10.1. The molecule has 1 saturated heterocycles. The van der Waals surface area contributed by atoms with E-state index in [2.05, 4.69) is 10.3 Å². The summed E-state index contributed by atoms with van der Waals surface area (Å²) in [7, 11) is 0. The summed E-state index contributed by atoms with van der Waals surface area (Å²) < 4.78 is 0. The van der Waals surface area contributed by atoms with E-state index < -0.39 is 0 Å². The van der Waals surface area contributed by atoms with Gasteiger partial charge in [-0.3, -0.25) is 0 Å². The average molecular weight is 249 g/mol. The predicted molar refractivity (Wildman–Crippen MR) is 70.9 cm³/mol. The van der Waals surface area contributed by atoms with Crippen molar-refractivity contribution in [2.24, 2.45) is 0 Å². The number of nitrogens with zero attached hydrogens (tertiary/aromatic N) is 2. The fourth-order valence-corrected chi connectivity index (χ4v) is 3.40. The molecule has 1 aromatic heterocycles. The molecule has 2 fully saturated rings. The molecule has 3 nitrogen and oxygen atoms in total. The van der Waals surface area contributed by atoms with E-state index in [0.717, 1.165) is 24.1 Å². The summed E-state index contributed by atoms with van der Waals surface area (Å²) in [6.45, 7) is 0.900. The molecule has 92 valence electrons. The van der Waals surface area contributed by atoms with Crippen molar-refractivity contribution in [3.05, 3.63) is 23.8 Å². The number of aromatic nitrogens is 2. The van der Waals surface area contributed by atoms with Crippen LogP contribution in [0.1, 0.15) is 48.9 Å². The standard InChI is InChI=1S/C13H19N3S/c1-2-8-17-12(3-1)13-14-7-6-11(16-13)9-15-10-4-5-10/h6-7,10,12,15H,1-5,8-9H2. The van der Waals surface area contributed by atoms with E-state index >= 15 is 0 Å². The first-order valence-corrected chi connectivity index (χ1v) is 7.63. The molecule has 3 rings (SSSR count). The van der Waals surface area contributed by atoms with Gasteiger partial charge in [-0.25, -0.2) is 9.97 Å². The number of hydrogen-bond acceptors (Lipinski definition) is 4. The second-order valence-corrected chi connectivity index (χ2v) is 6.23. The van der Waals surface area contributed by atoms with Gasteiger partial charge in [-0.05, 0) is 37.5 Å². The molecule has 1 unspecified atom stereocenters. The molecule has 0 bridgehead atoms. The van der Waals surface area contributed by atoms with Gasteiger partial charge in [0.05, 0.1) is 10.9 Å². The van der Waals surface area contributed by atoms with E-state index in [4.69, 9.17) is 4.98 Å². The zero-order chi connectivity index (χ0) is 11.5. The second kappa shape index (κ2) is 5.36. The molecule has 0 radical (unpaired) electrons. The van der Waals surface area contributed by atoms with Crippen LogP contribution < -0.4 is 5.32 Å². The Morgan fingerprint density at radius 3 is 3.00 bits per heavy atom. The van der Waals surface area contributed by atoms with Crippen LogP contribution in [0.15, 0.2) is 12.3 Å². The Kier molecular flexibility index (Phi) is 3.62. The van der Waals surface area contributed by atoms with E-state index in [0.29, 0.717) is 5.25 Å². The minimum Gasteiger partial charge on any atom is -0.308 e. The number of hydrogen-bond donors (Lipinski definition) is 1. The highest BCUT2D eigenvalue weighted by Gasteiger charge is 2.21. The topological polar surface area (TPSA) is 37.8 Å². The van der Waals surface area contributed by atoms with Crippen molar-refractivity contribution in [1.82, 2.24) is 15.3 Å². The van der Waals surface area contributed by atoms with Crippen LogP contribution in [-0.4, -0.2) is 21.8 Å². The number of thioether (sulfide) groups is 1. The lowest BCUT2D eigenvalue weighted by Gasteiger charge is -2.20. The quantitative estimate of drug-likeness (QED) is 0.890. The molecular weight excluding hydrogens is 230 g/mol. The molecule has 1 aromatic rings. The van der Waals surface area contributed by atoms with Crippen LogP contribution in [-0.2, 0) is 6.54 Å². The van der Waals surface area contributed by atoms with E-state index in [1.807, 2.05) is 24.0 Å². The summed E-state index contributed by atoms with van der Waals surface area (Å²) in [6.07, 6.45) is 8.49. The van der Waals surface area contributed by atoms with Crippen LogP contribution in [0.25, 0.3) is 0 Å². The van der Waals surface area contributed by atoms with Gasteiger partial charge in [0.25, 0.3) is 0 Å². The first-order valence-electron chi connectivity index (χ1n) is 6.58. The fourth-order valence-electron chi connectivity index (χ4n) is 2.15. The maximum Gasteiger partial charge on any atom is 0.141 e. The number of nitrogens with one attached hydrogen (secondary N) is 1. The molecule has 0 spiro atoms. The fraction of sp³-hybridized carbons (Fsp3) is 0.692. The molecule has 2 aliphatic rings. The molecule has 0 aromatic carbocycles. The predicted octanol–water partition coefficient (Wildman–Crippen LogP) is 2.69. The van der Waals surface area contributed by atoms with Crippen molar-refractivity contribution in [3.8, 4) is 0 Å². The lowest BCUT2D eigenvalue weighted by Crippen LogP contribution is -2.17. The Balaban J connectivity index is 1.64. The molecule has 1 saturated carbocycles. The lowest BCUT2D eigenvalue weighted by atomic mass is 10.2. The summed E-state index contributed by atoms with van der Waals surface area (Å²) in [4.78, 5) is 9.15. The van der Waals surface area contributed by atoms with Crippen molar-refractivity contribution < 1.29 is 0 Å². The summed E-state index contributed by atoms with van der Waals surface area (Å²) >= 11 is 2.02. The molecule has 4 heteroatoms. The largest absolute Gasteiger partial charge is 0.308 e. The Bertz CT molecular complexity index is 373. The van der Waals surface area contributed by atoms with Crippen LogP contribution in [0.2, 0.25) is 0 Å². The first-order chi connectivity index (χ1) is 8.42. The summed E-state index contributed by atoms with van der Waals surface area (Å²) in [5.41, 5.74) is 1.15. The molecule has 1 N–H and O–H groups in total. The Morgan fingerprint density at radius 1 is 1.29 bits per heavy atom. The van der Waals surface area contributed by atoms with Gasteiger partial charge in [0.2, 0.25) is 0 Å². The lowest BCUT2D eigenvalue weighted by molar-refractivity contribution is 0.640. The summed E-state index contributed by atoms with van der Waals surface area (Å²) in [5, 5.41) is 4.04. The minimum atomic E-state index is 0.532. The molecule has 17 heavy (non-hydrogen) atoms. The van der Waals surface area contributed by atoms with Gasteiger partial charge in [0.1, 0.15) is 5.82 Å². The van der Waals surface area contributed by atoms with E-state index in [9.17, 15) is 0 Å². The molecule has 1 aliphatic heterocycles. The van der Waals surface area contributed by atoms with Gasteiger partial charge in [0.15, 0.2) is 0 Å². The highest BCUT2D eigenvalue weighted by molar-refractivity contribution is 7.99. The van der Waals surface area contributed by atoms with E-state index in [1.54, 1.807) is 0 Å². The van der Waals surface area contributed by atoms with Gasteiger partial charge >= 0.3 is 0 Å². The van der Waals surface area contributed by atoms with Crippen molar-refractivity contribution in [2.75, 3.05) is 5.75 Å². The van der Waals surface area contributed by atoms with Crippen molar-refractivity contribution in [2.45, 2.75) is 49.9 Å². The third kappa shape index (κ3) is 3.19. The van der Waals surface area contributed by atoms with E-state index in [1.165, 1.54) is 37.9 Å². The van der Waals surface area contributed by atoms with Crippen LogP contribution in [0.5, 0.6) is 0 Å². The SMILES string of the molecule is c1cc(CNC2CC2)nc(C2CCCCS2)n1. The molecule has 0 amide bonds. The van der Waals surface area contributed by atoms with Crippen molar-refractivity contribution in [1.29, 1.82) is 0 Å². The highest BCUT2D eigenvalue weighted by atomic mass is 32.2. The average Bonchev–Trinajstić information content (AvgIpc) is 3.22. The first kappa shape index (κ1) is 11.5. The van der Waals surface area contributed by atoms with Crippen LogP contribution in [0.4, 0.5) is 0 Å². The molecule has 1 aliphatic carbocycles. The Labute approximate surface area is 107 Å². The van der Waals surface area contributed by atoms with Gasteiger partial charge in [-0.1, -0.05) is 6.42 Å². The van der Waals surface area contributed by atoms with Crippen molar-refractivity contribution in [3.63, 3.8) is 0 Å². The van der Waals surface area contributed by atoms with Crippen LogP contribution in [0.3, 0.4) is 0 Å². The van der Waals surface area contributed by atoms with Gasteiger partial charge in [-0.2, -0.15) is 11.8 Å². The van der Waals surface area contributed by atoms with Crippen LogP contribution >= 0.6 is 11.8 Å². The second-order valence-electron chi connectivity index (χ2n) is 4.92. The smallest absolute Gasteiger partial charge is 0.141 e. The van der Waals surface area contributed by atoms with Gasteiger partial charge < -0.3 is 5.32 Å². The third-order valence-electron chi connectivity index (χ3n) is 3.35. The van der Waals surface area contributed by atoms with Crippen LogP contribution in [0, 0.1) is 0 Å². The minimum absolute atomic E-state index is 0.532. The van der Waals surface area contributed by atoms with E-state index in [-0.39, 0.29) is 0 Å². The molecule has 2 heterocycles. The van der Waals surface area contributed by atoms with Gasteiger partial charge in [0, 0.05) is 18.8 Å². The van der Waals surface area contributed by atoms with Crippen molar-refractivity contribution >= 4 is 11.8 Å². The Hall–Kier alpha value is -0.610. The third-order valence-corrected chi connectivity index (χ3v) is 4.72. The highest BCUT2D eigenvalue weighted by Crippen LogP contribution is 2.36. The normalized spacial score (nSPS) is 24.8. The summed E-state index contributed by atoms with van der Waals surface area (Å²) in [6, 6.07) is 2.78.